The van der Waals surface area contributed by atoms with E-state index in [4.69, 9.17) is 9.26 Å². The van der Waals surface area contributed by atoms with Gasteiger partial charge in [-0.15, -0.1) is 0 Å². The van der Waals surface area contributed by atoms with Crippen molar-refractivity contribution in [3.8, 4) is 5.75 Å². The summed E-state index contributed by atoms with van der Waals surface area (Å²) in [4.78, 5) is 46.1. The SMILES string of the molecule is CCOP(=O)(O)Cc1ccc(Nc2ncc(C(F)(F)F)c(Nc3ccc(C4CCC(C(=O)O)CC4)c4[nH]cc(C)c(=O)c34)n2)c(OC)c1. The van der Waals surface area contributed by atoms with Gasteiger partial charge in [0.2, 0.25) is 5.95 Å². The van der Waals surface area contributed by atoms with E-state index in [9.17, 15) is 37.3 Å². The first-order chi connectivity index (χ1) is 22.7. The second-order valence-electron chi connectivity index (χ2n) is 11.6. The maximum Gasteiger partial charge on any atom is 0.421 e. The Labute approximate surface area is 273 Å². The zero-order chi connectivity index (χ0) is 34.8. The lowest BCUT2D eigenvalue weighted by atomic mass is 9.78. The number of aromatic nitrogens is 3. The van der Waals surface area contributed by atoms with Gasteiger partial charge < -0.3 is 34.9 Å². The molecule has 5 rings (SSSR count). The molecule has 16 heteroatoms. The van der Waals surface area contributed by atoms with Gasteiger partial charge in [-0.3, -0.25) is 14.2 Å². The number of anilines is 4. The molecule has 48 heavy (non-hydrogen) atoms. The number of nitrogens with zero attached hydrogens (tertiary/aromatic N) is 2. The van der Waals surface area contributed by atoms with Crippen LogP contribution >= 0.6 is 7.60 Å². The van der Waals surface area contributed by atoms with Crippen LogP contribution in [0.3, 0.4) is 0 Å². The number of ether oxygens (including phenoxy) is 1. The van der Waals surface area contributed by atoms with Crippen LogP contribution in [0, 0.1) is 12.8 Å². The molecule has 2 heterocycles. The fourth-order valence-electron chi connectivity index (χ4n) is 5.96. The number of nitrogens with one attached hydrogen (secondary N) is 3. The largest absolute Gasteiger partial charge is 0.495 e. The van der Waals surface area contributed by atoms with Crippen LogP contribution < -0.4 is 20.8 Å². The number of alkyl halides is 3. The van der Waals surface area contributed by atoms with Crippen LogP contribution in [-0.2, 0) is 26.2 Å². The number of halogens is 3. The summed E-state index contributed by atoms with van der Waals surface area (Å²) >= 11 is 0. The van der Waals surface area contributed by atoms with E-state index < -0.39 is 37.0 Å². The molecule has 1 unspecified atom stereocenters. The van der Waals surface area contributed by atoms with Crippen LogP contribution in [0.25, 0.3) is 10.9 Å². The molecule has 0 bridgehead atoms. The summed E-state index contributed by atoms with van der Waals surface area (Å²) in [5.41, 5.74) is 0.844. The van der Waals surface area contributed by atoms with Gasteiger partial charge in [0, 0.05) is 18.0 Å². The van der Waals surface area contributed by atoms with E-state index in [-0.39, 0.29) is 52.6 Å². The monoisotopic (exact) mass is 689 g/mol. The number of H-pyrrole nitrogens is 1. The summed E-state index contributed by atoms with van der Waals surface area (Å²) in [5.74, 6) is -1.94. The van der Waals surface area contributed by atoms with Crippen molar-refractivity contribution in [3.05, 3.63) is 75.2 Å². The van der Waals surface area contributed by atoms with Gasteiger partial charge >= 0.3 is 19.7 Å². The molecule has 256 valence electrons. The van der Waals surface area contributed by atoms with E-state index in [1.54, 1.807) is 26.1 Å². The number of methoxy groups -OCH3 is 1. The van der Waals surface area contributed by atoms with Gasteiger partial charge in [-0.1, -0.05) is 12.1 Å². The normalized spacial score (nSPS) is 17.9. The topological polar surface area (TPSA) is 176 Å². The molecule has 0 spiro atoms. The number of hydrogen-bond acceptors (Lipinski definition) is 9. The lowest BCUT2D eigenvalue weighted by Gasteiger charge is -2.27. The summed E-state index contributed by atoms with van der Waals surface area (Å²) in [7, 11) is -2.53. The minimum atomic E-state index is -4.85. The Balaban J connectivity index is 1.51. The zero-order valence-electron chi connectivity index (χ0n) is 26.3. The second kappa shape index (κ2) is 14.0. The quantitative estimate of drug-likeness (QED) is 0.101. The summed E-state index contributed by atoms with van der Waals surface area (Å²) in [6.45, 7) is 3.24. The van der Waals surface area contributed by atoms with Crippen molar-refractivity contribution in [1.29, 1.82) is 0 Å². The second-order valence-corrected chi connectivity index (χ2v) is 13.4. The first-order valence-electron chi connectivity index (χ1n) is 15.2. The van der Waals surface area contributed by atoms with Crippen LogP contribution in [0.2, 0.25) is 0 Å². The number of aliphatic carboxylic acids is 1. The Hall–Kier alpha value is -4.46. The van der Waals surface area contributed by atoms with Crippen LogP contribution in [0.1, 0.15) is 60.8 Å². The molecule has 0 aliphatic heterocycles. The van der Waals surface area contributed by atoms with Crippen molar-refractivity contribution in [2.45, 2.75) is 57.8 Å². The standard InChI is InChI=1S/C32H35F3N5O7P/c1-4-47-48(44,45)16-18-5-11-23(25(13-18)46-3)39-31-37-15-22(32(33,34)35)29(40-31)38-24-12-10-21(19-6-8-20(9-7-19)30(42)43)27-26(24)28(41)17(2)14-36-27/h5,10-15,19-20H,4,6-9,16H2,1-3H3,(H,36,41)(H,42,43)(H,44,45)(H2,37,38,39,40). The highest BCUT2D eigenvalue weighted by Crippen LogP contribution is 2.46. The molecule has 1 fully saturated rings. The predicted octanol–water partition coefficient (Wildman–Crippen LogP) is 7.22. The number of carboxylic acids is 1. The van der Waals surface area contributed by atoms with Crippen LogP contribution in [0.5, 0.6) is 5.75 Å². The molecule has 0 saturated heterocycles. The van der Waals surface area contributed by atoms with Crippen molar-refractivity contribution < 1.29 is 41.8 Å². The molecule has 4 aromatic rings. The lowest BCUT2D eigenvalue weighted by molar-refractivity contribution is -0.143. The first-order valence-corrected chi connectivity index (χ1v) is 17.0. The average molecular weight is 690 g/mol. The van der Waals surface area contributed by atoms with Crippen molar-refractivity contribution >= 4 is 47.6 Å². The fourth-order valence-corrected chi connectivity index (χ4v) is 7.11. The Morgan fingerprint density at radius 2 is 1.83 bits per heavy atom. The molecule has 2 aromatic carbocycles. The zero-order valence-corrected chi connectivity index (χ0v) is 27.2. The number of pyridine rings is 1. The third-order valence-electron chi connectivity index (χ3n) is 8.34. The number of carbonyl (C=O) groups is 1. The van der Waals surface area contributed by atoms with Gasteiger partial charge in [-0.05, 0) is 74.8 Å². The number of carboxylic acid groups (broad SMARTS) is 1. The number of aromatic amines is 1. The highest BCUT2D eigenvalue weighted by Gasteiger charge is 2.36. The number of rotatable bonds is 11. The van der Waals surface area contributed by atoms with Gasteiger partial charge in [0.15, 0.2) is 5.43 Å². The molecule has 12 nitrogen and oxygen atoms in total. The summed E-state index contributed by atoms with van der Waals surface area (Å²) in [5, 5.41) is 15.1. The van der Waals surface area contributed by atoms with Crippen molar-refractivity contribution in [2.24, 2.45) is 5.92 Å². The third-order valence-corrected chi connectivity index (χ3v) is 9.77. The highest BCUT2D eigenvalue weighted by atomic mass is 31.2. The maximum atomic E-state index is 14.2. The molecular weight excluding hydrogens is 654 g/mol. The van der Waals surface area contributed by atoms with Crippen molar-refractivity contribution in [3.63, 3.8) is 0 Å². The molecule has 1 saturated carbocycles. The van der Waals surface area contributed by atoms with Gasteiger partial charge in [0.1, 0.15) is 17.1 Å². The number of hydrogen-bond donors (Lipinski definition) is 5. The summed E-state index contributed by atoms with van der Waals surface area (Å²) in [6.07, 6.45) is -0.830. The fraction of sp³-hybridized carbons (Fsp3) is 0.375. The van der Waals surface area contributed by atoms with Gasteiger partial charge in [0.25, 0.3) is 0 Å². The summed E-state index contributed by atoms with van der Waals surface area (Å²) < 4.78 is 65.1. The lowest BCUT2D eigenvalue weighted by Crippen LogP contribution is -2.21. The van der Waals surface area contributed by atoms with E-state index in [1.807, 2.05) is 0 Å². The van der Waals surface area contributed by atoms with E-state index in [2.05, 4.69) is 25.6 Å². The molecule has 1 atom stereocenters. The molecule has 5 N–H and O–H groups in total. The molecule has 1 aliphatic carbocycles. The smallest absolute Gasteiger partial charge is 0.421 e. The minimum absolute atomic E-state index is 0.0408. The Kier molecular flexibility index (Phi) is 10.1. The Bertz CT molecular complexity index is 1940. The third kappa shape index (κ3) is 7.64. The van der Waals surface area contributed by atoms with Gasteiger partial charge in [-0.2, -0.15) is 18.2 Å². The van der Waals surface area contributed by atoms with Gasteiger partial charge in [-0.25, -0.2) is 4.98 Å². The van der Waals surface area contributed by atoms with Crippen molar-refractivity contribution in [1.82, 2.24) is 15.0 Å². The first kappa shape index (κ1) is 34.9. The molecule has 0 radical (unpaired) electrons. The summed E-state index contributed by atoms with van der Waals surface area (Å²) in [6, 6.07) is 7.80. The number of fused-ring (bicyclic) bond motifs is 1. The molecule has 0 amide bonds. The number of benzene rings is 2. The highest BCUT2D eigenvalue weighted by molar-refractivity contribution is 7.51. The van der Waals surface area contributed by atoms with Crippen LogP contribution in [-0.4, -0.2) is 44.6 Å². The average Bonchev–Trinajstić information content (AvgIpc) is 3.03. The van der Waals surface area contributed by atoms with Crippen LogP contribution in [0.4, 0.5) is 36.3 Å². The number of aryl methyl sites for hydroxylation is 1. The van der Waals surface area contributed by atoms with Crippen LogP contribution in [0.15, 0.2) is 47.5 Å². The molecule has 1 aliphatic rings. The Morgan fingerprint density at radius 1 is 1.12 bits per heavy atom. The van der Waals surface area contributed by atoms with Gasteiger partial charge in [0.05, 0.1) is 48.1 Å². The molecular formula is C32H35F3N5O7P. The molecule has 2 aromatic heterocycles. The van der Waals surface area contributed by atoms with E-state index in [1.165, 1.54) is 31.4 Å². The van der Waals surface area contributed by atoms with E-state index in [0.29, 0.717) is 48.5 Å². The maximum absolute atomic E-state index is 14.2. The van der Waals surface area contributed by atoms with Crippen molar-refractivity contribution in [2.75, 3.05) is 24.4 Å². The predicted molar refractivity (Wildman–Crippen MR) is 173 cm³/mol. The minimum Gasteiger partial charge on any atom is -0.495 e. The Morgan fingerprint density at radius 3 is 2.48 bits per heavy atom. The van der Waals surface area contributed by atoms with E-state index in [0.717, 1.165) is 5.56 Å². The van der Waals surface area contributed by atoms with E-state index >= 15 is 0 Å².